The maximum Gasteiger partial charge on any atom is 0.323 e. The molecule has 3 rings (SSSR count). The second-order valence-corrected chi connectivity index (χ2v) is 10.7. The van der Waals surface area contributed by atoms with Crippen LogP contribution in [0.2, 0.25) is 0 Å². The maximum atomic E-state index is 13.2. The number of para-hydroxylation sites is 1. The topological polar surface area (TPSA) is 164 Å². The van der Waals surface area contributed by atoms with E-state index in [1.807, 2.05) is 19.9 Å². The third kappa shape index (κ3) is 10.2. The quantitative estimate of drug-likeness (QED) is 0.167. The molecular formula is C33H40N4O8. The summed E-state index contributed by atoms with van der Waals surface area (Å²) in [6.07, 6.45) is 0.284. The number of hydrogen-bond acceptors (Lipinski definition) is 7. The minimum Gasteiger partial charge on any atom is -0.495 e. The highest BCUT2D eigenvalue weighted by molar-refractivity contribution is 6.00. The number of methoxy groups -OCH3 is 3. The van der Waals surface area contributed by atoms with Crippen molar-refractivity contribution in [1.29, 1.82) is 0 Å². The van der Waals surface area contributed by atoms with E-state index in [0.29, 0.717) is 46.2 Å². The molecule has 0 spiro atoms. The summed E-state index contributed by atoms with van der Waals surface area (Å²) in [6.45, 7) is 3.64. The highest BCUT2D eigenvalue weighted by Crippen LogP contribution is 2.31. The van der Waals surface area contributed by atoms with E-state index in [-0.39, 0.29) is 18.9 Å². The van der Waals surface area contributed by atoms with Gasteiger partial charge in [0, 0.05) is 12.2 Å². The number of anilines is 2. The molecular weight excluding hydrogens is 580 g/mol. The molecule has 3 aromatic rings. The minimum atomic E-state index is -1.13. The lowest BCUT2D eigenvalue weighted by atomic mass is 9.97. The van der Waals surface area contributed by atoms with Crippen LogP contribution in [0.4, 0.5) is 16.2 Å². The van der Waals surface area contributed by atoms with E-state index >= 15 is 0 Å². The average Bonchev–Trinajstić information content (AvgIpc) is 3.01. The van der Waals surface area contributed by atoms with Crippen LogP contribution < -0.4 is 35.5 Å². The van der Waals surface area contributed by atoms with Crippen molar-refractivity contribution < 1.29 is 38.5 Å². The summed E-state index contributed by atoms with van der Waals surface area (Å²) in [4.78, 5) is 50.8. The Balaban J connectivity index is 1.64. The smallest absolute Gasteiger partial charge is 0.323 e. The average molecular weight is 621 g/mol. The van der Waals surface area contributed by atoms with Crippen LogP contribution in [-0.2, 0) is 20.8 Å². The number of nitrogens with one attached hydrogen (secondary N) is 4. The number of carboxylic acid groups (broad SMARTS) is 1. The first kappa shape index (κ1) is 34.2. The number of hydrogen-bond donors (Lipinski definition) is 5. The van der Waals surface area contributed by atoms with Crippen molar-refractivity contribution in [3.05, 3.63) is 77.9 Å². The third-order valence-electron chi connectivity index (χ3n) is 6.86. The number of rotatable bonds is 15. The molecule has 4 amide bonds. The molecule has 0 unspecified atom stereocenters. The largest absolute Gasteiger partial charge is 0.495 e. The van der Waals surface area contributed by atoms with Gasteiger partial charge in [-0.25, -0.2) is 4.79 Å². The van der Waals surface area contributed by atoms with E-state index in [1.54, 1.807) is 60.7 Å². The van der Waals surface area contributed by atoms with E-state index in [2.05, 4.69) is 21.3 Å². The van der Waals surface area contributed by atoms with Gasteiger partial charge < -0.3 is 40.6 Å². The molecule has 0 aliphatic heterocycles. The molecule has 2 atom stereocenters. The highest BCUT2D eigenvalue weighted by Gasteiger charge is 2.26. The summed E-state index contributed by atoms with van der Waals surface area (Å²) >= 11 is 0. The Morgan fingerprint density at radius 2 is 1.49 bits per heavy atom. The minimum absolute atomic E-state index is 0.0574. The van der Waals surface area contributed by atoms with Crippen LogP contribution in [0.3, 0.4) is 0 Å². The lowest BCUT2D eigenvalue weighted by Gasteiger charge is -2.22. The Hall–Kier alpha value is -5.26. The van der Waals surface area contributed by atoms with Crippen LogP contribution in [-0.4, -0.2) is 62.8 Å². The van der Waals surface area contributed by atoms with Gasteiger partial charge in [-0.1, -0.05) is 44.2 Å². The summed E-state index contributed by atoms with van der Waals surface area (Å²) < 4.78 is 15.9. The Labute approximate surface area is 262 Å². The van der Waals surface area contributed by atoms with E-state index in [9.17, 15) is 24.3 Å². The molecule has 0 aliphatic carbocycles. The molecule has 0 saturated heterocycles. The molecule has 12 nitrogen and oxygen atoms in total. The van der Waals surface area contributed by atoms with E-state index < -0.39 is 35.8 Å². The molecule has 5 N–H and O–H groups in total. The summed E-state index contributed by atoms with van der Waals surface area (Å²) in [6, 6.07) is 17.3. The lowest BCUT2D eigenvalue weighted by molar-refractivity contribution is -0.139. The standard InChI is InChI=1S/C33H40N4O8/c1-20(2)15-26(31(39)34-19-24(32(40)41)22-12-14-27(43-3)29(18-22)45-5)36-30(38)17-21-11-13-25(28(16-21)44-4)37-33(42)35-23-9-7-6-8-10-23/h6-14,16,18,20,24,26H,15,17,19H2,1-5H3,(H,34,39)(H,36,38)(H,40,41)(H2,35,37,42)/t24-,26+/m1/s1. The monoisotopic (exact) mass is 620 g/mol. The first-order valence-electron chi connectivity index (χ1n) is 14.4. The number of carboxylic acids is 1. The van der Waals surface area contributed by atoms with Gasteiger partial charge in [0.15, 0.2) is 11.5 Å². The first-order valence-corrected chi connectivity index (χ1v) is 14.4. The van der Waals surface area contributed by atoms with Gasteiger partial charge >= 0.3 is 12.0 Å². The van der Waals surface area contributed by atoms with Gasteiger partial charge in [0.1, 0.15) is 11.8 Å². The molecule has 0 saturated carbocycles. The zero-order chi connectivity index (χ0) is 32.9. The fraction of sp³-hybridized carbons (Fsp3) is 0.333. The number of amides is 4. The second kappa shape index (κ2) is 16.6. The maximum absolute atomic E-state index is 13.2. The van der Waals surface area contributed by atoms with E-state index in [4.69, 9.17) is 14.2 Å². The van der Waals surface area contributed by atoms with Gasteiger partial charge in [-0.3, -0.25) is 14.4 Å². The van der Waals surface area contributed by atoms with Crippen LogP contribution in [0.15, 0.2) is 66.7 Å². The third-order valence-corrected chi connectivity index (χ3v) is 6.86. The molecule has 0 radical (unpaired) electrons. The molecule has 3 aromatic carbocycles. The molecule has 12 heteroatoms. The number of carbonyl (C=O) groups excluding carboxylic acids is 3. The van der Waals surface area contributed by atoms with Gasteiger partial charge in [0.25, 0.3) is 0 Å². The number of ether oxygens (including phenoxy) is 3. The summed E-state index contributed by atoms with van der Waals surface area (Å²) in [7, 11) is 4.38. The predicted octanol–water partition coefficient (Wildman–Crippen LogP) is 4.41. The van der Waals surface area contributed by atoms with Crippen molar-refractivity contribution in [2.24, 2.45) is 5.92 Å². The fourth-order valence-corrected chi connectivity index (χ4v) is 4.63. The molecule has 0 bridgehead atoms. The number of aliphatic carboxylic acids is 1. The Morgan fingerprint density at radius 3 is 2.11 bits per heavy atom. The van der Waals surface area contributed by atoms with Gasteiger partial charge in [-0.2, -0.15) is 0 Å². The zero-order valence-corrected chi connectivity index (χ0v) is 26.0. The summed E-state index contributed by atoms with van der Waals surface area (Å²) in [5, 5.41) is 20.8. The molecule has 0 fully saturated rings. The SMILES string of the molecule is COc1cc(CC(=O)N[C@@H](CC(C)C)C(=O)NC[C@@H](C(=O)O)c2ccc(OC)c(OC)c2)ccc1NC(=O)Nc1ccccc1. The number of benzene rings is 3. The van der Waals surface area contributed by atoms with Crippen molar-refractivity contribution in [2.45, 2.75) is 38.6 Å². The van der Waals surface area contributed by atoms with Gasteiger partial charge in [-0.15, -0.1) is 0 Å². The van der Waals surface area contributed by atoms with E-state index in [1.165, 1.54) is 21.3 Å². The molecule has 0 aliphatic rings. The second-order valence-electron chi connectivity index (χ2n) is 10.7. The van der Waals surface area contributed by atoms with Gasteiger partial charge in [0.05, 0.1) is 39.4 Å². The van der Waals surface area contributed by atoms with Crippen LogP contribution >= 0.6 is 0 Å². The zero-order valence-electron chi connectivity index (χ0n) is 26.0. The Morgan fingerprint density at radius 1 is 0.800 bits per heavy atom. The summed E-state index contributed by atoms with van der Waals surface area (Å²) in [5.41, 5.74) is 2.06. The van der Waals surface area contributed by atoms with Crippen molar-refractivity contribution in [3.63, 3.8) is 0 Å². The van der Waals surface area contributed by atoms with Crippen molar-refractivity contribution in [2.75, 3.05) is 38.5 Å². The molecule has 240 valence electrons. The number of urea groups is 1. The molecule has 0 heterocycles. The van der Waals surface area contributed by atoms with Crippen LogP contribution in [0.25, 0.3) is 0 Å². The molecule has 45 heavy (non-hydrogen) atoms. The Kier molecular flexibility index (Phi) is 12.6. The summed E-state index contributed by atoms with van der Waals surface area (Å²) in [5.74, 6) is -1.85. The highest BCUT2D eigenvalue weighted by atomic mass is 16.5. The van der Waals surface area contributed by atoms with Crippen LogP contribution in [0.5, 0.6) is 17.2 Å². The van der Waals surface area contributed by atoms with Gasteiger partial charge in [0.2, 0.25) is 11.8 Å². The number of carbonyl (C=O) groups is 4. The van der Waals surface area contributed by atoms with Gasteiger partial charge in [-0.05, 0) is 59.9 Å². The molecule has 0 aromatic heterocycles. The van der Waals surface area contributed by atoms with E-state index in [0.717, 1.165) is 0 Å². The lowest BCUT2D eigenvalue weighted by Crippen LogP contribution is -2.49. The normalized spacial score (nSPS) is 12.0. The Bertz CT molecular complexity index is 1480. The van der Waals surface area contributed by atoms with Crippen molar-refractivity contribution in [1.82, 2.24) is 10.6 Å². The van der Waals surface area contributed by atoms with Crippen LogP contribution in [0.1, 0.15) is 37.3 Å². The van der Waals surface area contributed by atoms with Crippen molar-refractivity contribution in [3.8, 4) is 17.2 Å². The fourth-order valence-electron chi connectivity index (χ4n) is 4.63. The van der Waals surface area contributed by atoms with Crippen LogP contribution in [0, 0.1) is 5.92 Å². The first-order chi connectivity index (χ1) is 21.5. The predicted molar refractivity (Wildman–Crippen MR) is 170 cm³/mol. The van der Waals surface area contributed by atoms with Crippen molar-refractivity contribution >= 4 is 35.2 Å².